The third-order valence-corrected chi connectivity index (χ3v) is 1.76. The monoisotopic (exact) mass is 158 g/mol. The van der Waals surface area contributed by atoms with E-state index in [1.807, 2.05) is 13.0 Å². The zero-order valence-corrected chi connectivity index (χ0v) is 7.62. The van der Waals surface area contributed by atoms with Crippen molar-refractivity contribution < 1.29 is 0 Å². The Hall–Kier alpha value is -1.30. The van der Waals surface area contributed by atoms with E-state index in [1.165, 1.54) is 11.1 Å². The fraction of sp³-hybridized carbons (Fsp3) is 0.167. The summed E-state index contributed by atoms with van der Waals surface area (Å²) >= 11 is 0. The number of hydrogen-bond acceptors (Lipinski definition) is 0. The molecule has 0 amide bonds. The second-order valence-corrected chi connectivity index (χ2v) is 2.61. The molecule has 0 radical (unpaired) electrons. The lowest BCUT2D eigenvalue weighted by molar-refractivity contribution is 1.58. The Labute approximate surface area is 74.2 Å². The summed E-state index contributed by atoms with van der Waals surface area (Å²) in [4.78, 5) is 0. The molecule has 0 spiro atoms. The van der Waals surface area contributed by atoms with Gasteiger partial charge >= 0.3 is 0 Å². The molecular weight excluding hydrogens is 144 g/mol. The first-order valence-electron chi connectivity index (χ1n) is 4.23. The highest BCUT2D eigenvalue weighted by atomic mass is 14.0. The molecule has 1 rings (SSSR count). The summed E-state index contributed by atoms with van der Waals surface area (Å²) in [7, 11) is 0. The Morgan fingerprint density at radius 3 is 2.25 bits per heavy atom. The van der Waals surface area contributed by atoms with Crippen LogP contribution in [0.5, 0.6) is 0 Å². The minimum Gasteiger partial charge on any atom is -0.0871 e. The van der Waals surface area contributed by atoms with Gasteiger partial charge in [0.05, 0.1) is 0 Å². The lowest BCUT2D eigenvalue weighted by atomic mass is 10.1. The van der Waals surface area contributed by atoms with Crippen LogP contribution in [0.4, 0.5) is 0 Å². The van der Waals surface area contributed by atoms with Crippen LogP contribution in [0.25, 0.3) is 5.57 Å². The normalized spacial score (nSPS) is 12.3. The molecule has 0 fully saturated rings. The summed E-state index contributed by atoms with van der Waals surface area (Å²) in [6, 6.07) is 10.4. The van der Waals surface area contributed by atoms with Crippen molar-refractivity contribution in [1.82, 2.24) is 0 Å². The average molecular weight is 158 g/mol. The zero-order valence-electron chi connectivity index (χ0n) is 7.62. The smallest absolute Gasteiger partial charge is 0.0187 e. The molecule has 0 unspecified atom stereocenters. The Bertz CT molecular complexity index is 278. The van der Waals surface area contributed by atoms with Gasteiger partial charge in [0, 0.05) is 0 Å². The van der Waals surface area contributed by atoms with Crippen LogP contribution in [-0.4, -0.2) is 0 Å². The van der Waals surface area contributed by atoms with Crippen molar-refractivity contribution in [1.29, 1.82) is 0 Å². The van der Waals surface area contributed by atoms with Crippen LogP contribution in [-0.2, 0) is 0 Å². The van der Waals surface area contributed by atoms with Crippen LogP contribution in [0.3, 0.4) is 0 Å². The molecule has 0 atom stereocenters. The van der Waals surface area contributed by atoms with Gasteiger partial charge in [-0.1, -0.05) is 48.6 Å². The van der Waals surface area contributed by atoms with Gasteiger partial charge in [0.2, 0.25) is 0 Å². The molecule has 62 valence electrons. The van der Waals surface area contributed by atoms with Crippen LogP contribution in [0, 0.1) is 0 Å². The molecule has 0 aliphatic carbocycles. The molecular formula is C12H14. The molecule has 1 aromatic rings. The maximum Gasteiger partial charge on any atom is -0.0187 e. The largest absolute Gasteiger partial charge is 0.0871 e. The lowest BCUT2D eigenvalue weighted by Crippen LogP contribution is -1.77. The summed E-state index contributed by atoms with van der Waals surface area (Å²) in [6.07, 6.45) is 6.30. The highest BCUT2D eigenvalue weighted by molar-refractivity contribution is 5.73. The first-order valence-corrected chi connectivity index (χ1v) is 4.23. The molecule has 0 nitrogen and oxygen atoms in total. The van der Waals surface area contributed by atoms with Crippen LogP contribution >= 0.6 is 0 Å². The topological polar surface area (TPSA) is 0 Å². The van der Waals surface area contributed by atoms with Gasteiger partial charge in [0.25, 0.3) is 0 Å². The van der Waals surface area contributed by atoms with Crippen molar-refractivity contribution >= 4 is 5.57 Å². The SMILES string of the molecule is CC=C(/C=C\C)c1ccccc1. The number of rotatable bonds is 2. The molecule has 0 heterocycles. The summed E-state index contributed by atoms with van der Waals surface area (Å²) in [5.41, 5.74) is 2.55. The van der Waals surface area contributed by atoms with E-state index in [2.05, 4.69) is 49.4 Å². The van der Waals surface area contributed by atoms with Crippen molar-refractivity contribution in [2.24, 2.45) is 0 Å². The first kappa shape index (κ1) is 8.79. The van der Waals surface area contributed by atoms with Crippen LogP contribution in [0.1, 0.15) is 19.4 Å². The third-order valence-electron chi connectivity index (χ3n) is 1.76. The summed E-state index contributed by atoms with van der Waals surface area (Å²) in [6.45, 7) is 4.09. The second-order valence-electron chi connectivity index (χ2n) is 2.61. The molecule has 1 aromatic carbocycles. The fourth-order valence-electron chi connectivity index (χ4n) is 1.17. The third kappa shape index (κ3) is 2.09. The highest BCUT2D eigenvalue weighted by Crippen LogP contribution is 2.14. The van der Waals surface area contributed by atoms with Gasteiger partial charge in [-0.25, -0.2) is 0 Å². The fourth-order valence-corrected chi connectivity index (χ4v) is 1.17. The molecule has 0 saturated carbocycles. The molecule has 0 heteroatoms. The van der Waals surface area contributed by atoms with Gasteiger partial charge in [0.1, 0.15) is 0 Å². The van der Waals surface area contributed by atoms with E-state index in [4.69, 9.17) is 0 Å². The molecule has 0 bridgehead atoms. The van der Waals surface area contributed by atoms with Crippen LogP contribution in [0.2, 0.25) is 0 Å². The van der Waals surface area contributed by atoms with Gasteiger partial charge < -0.3 is 0 Å². The second kappa shape index (κ2) is 4.55. The van der Waals surface area contributed by atoms with E-state index in [1.54, 1.807) is 0 Å². The van der Waals surface area contributed by atoms with E-state index in [9.17, 15) is 0 Å². The van der Waals surface area contributed by atoms with Crippen LogP contribution < -0.4 is 0 Å². The maximum absolute atomic E-state index is 2.12. The number of allylic oxidation sites excluding steroid dienone is 4. The molecule has 0 aliphatic heterocycles. The lowest BCUT2D eigenvalue weighted by Gasteiger charge is -1.99. The van der Waals surface area contributed by atoms with Gasteiger partial charge in [-0.3, -0.25) is 0 Å². The van der Waals surface area contributed by atoms with E-state index in [0.717, 1.165) is 0 Å². The number of hydrogen-bond donors (Lipinski definition) is 0. The summed E-state index contributed by atoms with van der Waals surface area (Å²) in [5, 5.41) is 0. The quantitative estimate of drug-likeness (QED) is 0.576. The van der Waals surface area contributed by atoms with Crippen molar-refractivity contribution in [3.8, 4) is 0 Å². The molecule has 0 aromatic heterocycles. The van der Waals surface area contributed by atoms with Gasteiger partial charge in [0.15, 0.2) is 0 Å². The molecule has 0 N–H and O–H groups in total. The van der Waals surface area contributed by atoms with Crippen molar-refractivity contribution in [3.63, 3.8) is 0 Å². The minimum atomic E-state index is 1.28. The standard InChI is InChI=1S/C12H14/c1-3-8-11(4-2)12-9-6-5-7-10-12/h3-10H,1-2H3/b8-3-,11-4?. The average Bonchev–Trinajstić information content (AvgIpc) is 2.15. The Morgan fingerprint density at radius 2 is 1.75 bits per heavy atom. The summed E-state index contributed by atoms with van der Waals surface area (Å²) in [5.74, 6) is 0. The Balaban J connectivity index is 2.97. The molecule has 0 saturated heterocycles. The first-order chi connectivity index (χ1) is 5.88. The van der Waals surface area contributed by atoms with Crippen molar-refractivity contribution in [2.45, 2.75) is 13.8 Å². The van der Waals surface area contributed by atoms with E-state index in [0.29, 0.717) is 0 Å². The molecule has 12 heavy (non-hydrogen) atoms. The van der Waals surface area contributed by atoms with E-state index in [-0.39, 0.29) is 0 Å². The summed E-state index contributed by atoms with van der Waals surface area (Å²) < 4.78 is 0. The maximum atomic E-state index is 2.12. The van der Waals surface area contributed by atoms with E-state index < -0.39 is 0 Å². The Kier molecular flexibility index (Phi) is 3.34. The van der Waals surface area contributed by atoms with Crippen molar-refractivity contribution in [2.75, 3.05) is 0 Å². The minimum absolute atomic E-state index is 1.28. The van der Waals surface area contributed by atoms with E-state index >= 15 is 0 Å². The highest BCUT2D eigenvalue weighted by Gasteiger charge is 1.92. The Morgan fingerprint density at radius 1 is 1.08 bits per heavy atom. The molecule has 0 aliphatic rings. The predicted molar refractivity (Wildman–Crippen MR) is 54.9 cm³/mol. The number of benzene rings is 1. The van der Waals surface area contributed by atoms with Crippen LogP contribution in [0.15, 0.2) is 48.6 Å². The van der Waals surface area contributed by atoms with Gasteiger partial charge in [-0.2, -0.15) is 0 Å². The van der Waals surface area contributed by atoms with Gasteiger partial charge in [-0.15, -0.1) is 0 Å². The predicted octanol–water partition coefficient (Wildman–Crippen LogP) is 3.67. The van der Waals surface area contributed by atoms with Crippen molar-refractivity contribution in [3.05, 3.63) is 54.1 Å². The van der Waals surface area contributed by atoms with Gasteiger partial charge in [-0.05, 0) is 25.0 Å². The zero-order chi connectivity index (χ0) is 8.81.